The lowest BCUT2D eigenvalue weighted by Crippen LogP contribution is -2.30. The summed E-state index contributed by atoms with van der Waals surface area (Å²) in [6.45, 7) is 4.95. The van der Waals surface area contributed by atoms with Crippen LogP contribution in [0.5, 0.6) is 0 Å². The normalized spacial score (nSPS) is 10.2. The zero-order chi connectivity index (χ0) is 10.4. The first-order valence-electron chi connectivity index (χ1n) is 4.63. The van der Waals surface area contributed by atoms with E-state index in [1.165, 1.54) is 0 Å². The highest BCUT2D eigenvalue weighted by Gasteiger charge is 2.02. The van der Waals surface area contributed by atoms with Crippen molar-refractivity contribution in [1.82, 2.24) is 15.3 Å². The molecule has 5 heteroatoms. The smallest absolute Gasteiger partial charge is 0.225 e. The number of anilines is 1. The number of nitrogens with zero attached hydrogens (tertiary/aromatic N) is 3. The minimum Gasteiger partial charge on any atom is -0.343 e. The van der Waals surface area contributed by atoms with Gasteiger partial charge in [0, 0.05) is 32.5 Å². The Hall–Kier alpha value is -0.680. The van der Waals surface area contributed by atoms with E-state index >= 15 is 0 Å². The molecule has 0 atom stereocenters. The predicted octanol–water partition coefficient (Wildman–Crippen LogP) is 1.28. The van der Waals surface area contributed by atoms with Crippen LogP contribution in [0.1, 0.15) is 6.92 Å². The minimum absolute atomic E-state index is 0.756. The van der Waals surface area contributed by atoms with E-state index in [0.717, 1.165) is 30.1 Å². The zero-order valence-corrected chi connectivity index (χ0v) is 10.1. The molecule has 0 amide bonds. The van der Waals surface area contributed by atoms with Gasteiger partial charge in [-0.2, -0.15) is 0 Å². The van der Waals surface area contributed by atoms with E-state index < -0.39 is 0 Å². The van der Waals surface area contributed by atoms with E-state index in [4.69, 9.17) is 0 Å². The van der Waals surface area contributed by atoms with Crippen molar-refractivity contribution in [3.05, 3.63) is 16.9 Å². The van der Waals surface area contributed by atoms with Gasteiger partial charge in [0.25, 0.3) is 0 Å². The first kappa shape index (κ1) is 11.4. The SMILES string of the molecule is CCNCCN(C)c1ncc(Br)cn1. The molecule has 0 fully saturated rings. The van der Waals surface area contributed by atoms with E-state index in [-0.39, 0.29) is 0 Å². The largest absolute Gasteiger partial charge is 0.343 e. The molecule has 0 saturated heterocycles. The van der Waals surface area contributed by atoms with Gasteiger partial charge in [-0.1, -0.05) is 6.92 Å². The van der Waals surface area contributed by atoms with Gasteiger partial charge in [-0.05, 0) is 22.5 Å². The molecule has 78 valence electrons. The summed E-state index contributed by atoms with van der Waals surface area (Å²) in [6.07, 6.45) is 3.51. The highest BCUT2D eigenvalue weighted by Crippen LogP contribution is 2.08. The summed E-state index contributed by atoms with van der Waals surface area (Å²) < 4.78 is 0.904. The Morgan fingerprint density at radius 1 is 1.43 bits per heavy atom. The molecule has 0 aliphatic heterocycles. The van der Waals surface area contributed by atoms with Crippen LogP contribution in [-0.4, -0.2) is 36.6 Å². The fourth-order valence-corrected chi connectivity index (χ4v) is 1.23. The average molecular weight is 259 g/mol. The summed E-state index contributed by atoms with van der Waals surface area (Å²) in [7, 11) is 1.99. The summed E-state index contributed by atoms with van der Waals surface area (Å²) >= 11 is 3.30. The lowest BCUT2D eigenvalue weighted by Gasteiger charge is -2.16. The number of hydrogen-bond acceptors (Lipinski definition) is 4. The van der Waals surface area contributed by atoms with Crippen molar-refractivity contribution in [2.24, 2.45) is 0 Å². The van der Waals surface area contributed by atoms with Crippen LogP contribution in [0.15, 0.2) is 16.9 Å². The Labute approximate surface area is 92.9 Å². The van der Waals surface area contributed by atoms with Crippen LogP contribution in [0.25, 0.3) is 0 Å². The summed E-state index contributed by atoms with van der Waals surface area (Å²) in [4.78, 5) is 10.4. The summed E-state index contributed by atoms with van der Waals surface area (Å²) in [5, 5.41) is 3.25. The van der Waals surface area contributed by atoms with Crippen molar-refractivity contribution in [2.45, 2.75) is 6.92 Å². The topological polar surface area (TPSA) is 41.0 Å². The van der Waals surface area contributed by atoms with Crippen molar-refractivity contribution in [2.75, 3.05) is 31.6 Å². The Morgan fingerprint density at radius 2 is 2.07 bits per heavy atom. The second kappa shape index (κ2) is 5.93. The monoisotopic (exact) mass is 258 g/mol. The number of rotatable bonds is 5. The maximum absolute atomic E-state index is 4.20. The van der Waals surface area contributed by atoms with E-state index in [1.54, 1.807) is 12.4 Å². The maximum atomic E-state index is 4.20. The number of hydrogen-bond donors (Lipinski definition) is 1. The molecule has 1 N–H and O–H groups in total. The fraction of sp³-hybridized carbons (Fsp3) is 0.556. The van der Waals surface area contributed by atoms with Crippen molar-refractivity contribution in [1.29, 1.82) is 0 Å². The minimum atomic E-state index is 0.756. The molecule has 0 aliphatic carbocycles. The molecule has 0 saturated carbocycles. The predicted molar refractivity (Wildman–Crippen MR) is 61.5 cm³/mol. The average Bonchev–Trinajstić information content (AvgIpc) is 2.19. The molecule has 1 aromatic heterocycles. The van der Waals surface area contributed by atoms with Gasteiger partial charge in [-0.15, -0.1) is 0 Å². The van der Waals surface area contributed by atoms with Crippen LogP contribution in [0.2, 0.25) is 0 Å². The Kier molecular flexibility index (Phi) is 4.82. The third kappa shape index (κ3) is 3.59. The first-order chi connectivity index (χ1) is 6.74. The summed E-state index contributed by atoms with van der Waals surface area (Å²) in [5.41, 5.74) is 0. The highest BCUT2D eigenvalue weighted by atomic mass is 79.9. The second-order valence-electron chi connectivity index (χ2n) is 2.98. The lowest BCUT2D eigenvalue weighted by atomic mass is 10.5. The van der Waals surface area contributed by atoms with E-state index in [0.29, 0.717) is 0 Å². The van der Waals surface area contributed by atoms with Crippen LogP contribution in [0.4, 0.5) is 5.95 Å². The third-order valence-electron chi connectivity index (χ3n) is 1.82. The van der Waals surface area contributed by atoms with Crippen LogP contribution in [0, 0.1) is 0 Å². The molecule has 0 spiro atoms. The van der Waals surface area contributed by atoms with Gasteiger partial charge in [-0.25, -0.2) is 9.97 Å². The fourth-order valence-electron chi connectivity index (χ4n) is 1.03. The van der Waals surface area contributed by atoms with Gasteiger partial charge in [-0.3, -0.25) is 0 Å². The Balaban J connectivity index is 2.43. The molecule has 4 nitrogen and oxygen atoms in total. The molecule has 0 aliphatic rings. The van der Waals surface area contributed by atoms with E-state index in [9.17, 15) is 0 Å². The number of nitrogens with one attached hydrogen (secondary N) is 1. The molecule has 1 aromatic rings. The standard InChI is InChI=1S/C9H15BrN4/c1-3-11-4-5-14(2)9-12-6-8(10)7-13-9/h6-7,11H,3-5H2,1-2H3. The first-order valence-corrected chi connectivity index (χ1v) is 5.42. The van der Waals surface area contributed by atoms with Gasteiger partial charge in [0.1, 0.15) is 0 Å². The molecule has 1 heterocycles. The molecule has 0 unspecified atom stereocenters. The van der Waals surface area contributed by atoms with Crippen LogP contribution < -0.4 is 10.2 Å². The van der Waals surface area contributed by atoms with Gasteiger partial charge >= 0.3 is 0 Å². The van der Waals surface area contributed by atoms with E-state index in [1.807, 2.05) is 11.9 Å². The second-order valence-corrected chi connectivity index (χ2v) is 3.89. The van der Waals surface area contributed by atoms with Crippen molar-refractivity contribution in [3.63, 3.8) is 0 Å². The van der Waals surface area contributed by atoms with E-state index in [2.05, 4.69) is 38.1 Å². The molecular formula is C9H15BrN4. The molecule has 1 rings (SSSR count). The lowest BCUT2D eigenvalue weighted by molar-refractivity contribution is 0.698. The summed E-state index contributed by atoms with van der Waals surface area (Å²) in [6, 6.07) is 0. The molecule has 14 heavy (non-hydrogen) atoms. The van der Waals surface area contributed by atoms with Crippen molar-refractivity contribution >= 4 is 21.9 Å². The van der Waals surface area contributed by atoms with Crippen molar-refractivity contribution < 1.29 is 0 Å². The molecule has 0 radical (unpaired) electrons. The van der Waals surface area contributed by atoms with Crippen molar-refractivity contribution in [3.8, 4) is 0 Å². The molecule has 0 bridgehead atoms. The molecule has 0 aromatic carbocycles. The van der Waals surface area contributed by atoms with Gasteiger partial charge in [0.15, 0.2) is 0 Å². The van der Waals surface area contributed by atoms with Crippen LogP contribution in [-0.2, 0) is 0 Å². The highest BCUT2D eigenvalue weighted by molar-refractivity contribution is 9.10. The maximum Gasteiger partial charge on any atom is 0.225 e. The third-order valence-corrected chi connectivity index (χ3v) is 2.23. The number of halogens is 1. The number of likely N-dealkylation sites (N-methyl/N-ethyl adjacent to an activating group) is 2. The number of aromatic nitrogens is 2. The molecular weight excluding hydrogens is 244 g/mol. The quantitative estimate of drug-likeness (QED) is 0.809. The van der Waals surface area contributed by atoms with Gasteiger partial charge in [0.2, 0.25) is 5.95 Å². The van der Waals surface area contributed by atoms with Gasteiger partial charge < -0.3 is 10.2 Å². The van der Waals surface area contributed by atoms with Crippen LogP contribution >= 0.6 is 15.9 Å². The summed E-state index contributed by atoms with van der Waals surface area (Å²) in [5.74, 6) is 0.756. The van der Waals surface area contributed by atoms with Crippen LogP contribution in [0.3, 0.4) is 0 Å². The van der Waals surface area contributed by atoms with Gasteiger partial charge in [0.05, 0.1) is 4.47 Å². The Morgan fingerprint density at radius 3 is 2.64 bits per heavy atom. The Bertz CT molecular complexity index is 262. The zero-order valence-electron chi connectivity index (χ0n) is 8.50.